The first-order valence-corrected chi connectivity index (χ1v) is 9.72. The molecule has 5 nitrogen and oxygen atoms in total. The predicted molar refractivity (Wildman–Crippen MR) is 108 cm³/mol. The van der Waals surface area contributed by atoms with Crippen molar-refractivity contribution >= 4 is 28.9 Å². The van der Waals surface area contributed by atoms with Gasteiger partial charge in [-0.05, 0) is 43.5 Å². The summed E-state index contributed by atoms with van der Waals surface area (Å²) in [5, 5.41) is 3.08. The van der Waals surface area contributed by atoms with Crippen LogP contribution in [0.25, 0.3) is 0 Å². The Morgan fingerprint density at radius 1 is 0.926 bits per heavy atom. The Morgan fingerprint density at radius 3 is 2.41 bits per heavy atom. The predicted octanol–water partition coefficient (Wildman–Crippen LogP) is 3.67. The molecule has 2 saturated heterocycles. The maximum Gasteiger partial charge on any atom is 0.229 e. The van der Waals surface area contributed by atoms with Crippen LogP contribution in [-0.2, 0) is 9.59 Å². The van der Waals surface area contributed by atoms with Crippen molar-refractivity contribution < 1.29 is 9.59 Å². The van der Waals surface area contributed by atoms with Gasteiger partial charge in [0.1, 0.15) is 0 Å². The van der Waals surface area contributed by atoms with Gasteiger partial charge in [0, 0.05) is 31.7 Å². The first-order valence-electron chi connectivity index (χ1n) is 9.72. The highest BCUT2D eigenvalue weighted by atomic mass is 16.2. The lowest BCUT2D eigenvalue weighted by Gasteiger charge is -2.30. The molecular formula is C22H25N3O2. The van der Waals surface area contributed by atoms with Crippen LogP contribution in [0.4, 0.5) is 17.1 Å². The molecule has 0 spiro atoms. The van der Waals surface area contributed by atoms with E-state index in [4.69, 9.17) is 0 Å². The van der Waals surface area contributed by atoms with E-state index >= 15 is 0 Å². The van der Waals surface area contributed by atoms with Crippen molar-refractivity contribution in [3.8, 4) is 0 Å². The molecule has 0 bridgehead atoms. The molecule has 2 fully saturated rings. The van der Waals surface area contributed by atoms with Gasteiger partial charge in [0.2, 0.25) is 11.8 Å². The largest absolute Gasteiger partial charge is 0.370 e. The van der Waals surface area contributed by atoms with Gasteiger partial charge in [-0.15, -0.1) is 0 Å². The monoisotopic (exact) mass is 363 g/mol. The van der Waals surface area contributed by atoms with Gasteiger partial charge >= 0.3 is 0 Å². The van der Waals surface area contributed by atoms with E-state index in [9.17, 15) is 9.59 Å². The summed E-state index contributed by atoms with van der Waals surface area (Å²) in [6.45, 7) is 2.48. The molecule has 140 valence electrons. The topological polar surface area (TPSA) is 52.7 Å². The van der Waals surface area contributed by atoms with Crippen molar-refractivity contribution in [3.63, 3.8) is 0 Å². The average Bonchev–Trinajstić information content (AvgIpc) is 3.12. The number of nitrogens with zero attached hydrogens (tertiary/aromatic N) is 2. The zero-order valence-electron chi connectivity index (χ0n) is 15.4. The fourth-order valence-corrected chi connectivity index (χ4v) is 3.97. The molecule has 1 atom stereocenters. The number of amides is 2. The van der Waals surface area contributed by atoms with Crippen molar-refractivity contribution in [1.82, 2.24) is 0 Å². The molecule has 27 heavy (non-hydrogen) atoms. The van der Waals surface area contributed by atoms with Gasteiger partial charge in [0.05, 0.1) is 17.3 Å². The Bertz CT molecular complexity index is 815. The molecule has 0 radical (unpaired) electrons. The number of nitrogens with one attached hydrogen (secondary N) is 1. The summed E-state index contributed by atoms with van der Waals surface area (Å²) < 4.78 is 0. The molecule has 5 heteroatoms. The van der Waals surface area contributed by atoms with Crippen molar-refractivity contribution in [2.45, 2.75) is 25.7 Å². The second kappa shape index (κ2) is 7.82. The van der Waals surface area contributed by atoms with E-state index < -0.39 is 0 Å². The number of benzene rings is 2. The number of carbonyl (C=O) groups excluding carboxylic acids is 2. The molecule has 2 amide bonds. The van der Waals surface area contributed by atoms with Gasteiger partial charge in [0.25, 0.3) is 0 Å². The van der Waals surface area contributed by atoms with Crippen LogP contribution < -0.4 is 15.1 Å². The summed E-state index contributed by atoms with van der Waals surface area (Å²) in [7, 11) is 0. The third kappa shape index (κ3) is 3.82. The fourth-order valence-electron chi connectivity index (χ4n) is 3.97. The third-order valence-electron chi connectivity index (χ3n) is 5.42. The molecule has 2 aromatic carbocycles. The van der Waals surface area contributed by atoms with Crippen LogP contribution in [0.3, 0.4) is 0 Å². The Labute approximate surface area is 160 Å². The second-order valence-electron chi connectivity index (χ2n) is 7.30. The maximum absolute atomic E-state index is 12.9. The summed E-state index contributed by atoms with van der Waals surface area (Å²) in [6, 6.07) is 17.5. The quantitative estimate of drug-likeness (QED) is 0.902. The minimum absolute atomic E-state index is 0.00525. The van der Waals surface area contributed by atoms with Crippen LogP contribution in [0, 0.1) is 5.92 Å². The van der Waals surface area contributed by atoms with Crippen molar-refractivity contribution in [3.05, 3.63) is 54.6 Å². The van der Waals surface area contributed by atoms with Gasteiger partial charge in [-0.1, -0.05) is 30.3 Å². The maximum atomic E-state index is 12.9. The Balaban J connectivity index is 1.46. The minimum Gasteiger partial charge on any atom is -0.370 e. The summed E-state index contributed by atoms with van der Waals surface area (Å²) in [6.07, 6.45) is 3.90. The highest BCUT2D eigenvalue weighted by molar-refractivity contribution is 6.04. The lowest BCUT2D eigenvalue weighted by Crippen LogP contribution is -2.31. The molecule has 2 aliphatic heterocycles. The normalized spacial score (nSPS) is 20.0. The lowest BCUT2D eigenvalue weighted by atomic mass is 10.1. The fraction of sp³-hybridized carbons (Fsp3) is 0.364. The molecule has 0 saturated carbocycles. The number of carbonyl (C=O) groups is 2. The first kappa shape index (κ1) is 17.6. The standard InChI is InChI=1S/C22H25N3O2/c26-21-15-17(16-25(21)18-9-3-1-4-10-18)22(27)23-19-11-5-6-12-20(19)24-13-7-2-8-14-24/h1,3-6,9-12,17H,2,7-8,13-16H2,(H,23,27). The van der Waals surface area contributed by atoms with Crippen molar-refractivity contribution in [2.75, 3.05) is 34.8 Å². The Kier molecular flexibility index (Phi) is 5.10. The molecule has 2 aromatic rings. The van der Waals surface area contributed by atoms with Gasteiger partial charge < -0.3 is 15.1 Å². The number of piperidine rings is 1. The van der Waals surface area contributed by atoms with E-state index in [1.807, 2.05) is 48.5 Å². The van der Waals surface area contributed by atoms with E-state index in [0.717, 1.165) is 30.2 Å². The van der Waals surface area contributed by atoms with E-state index in [-0.39, 0.29) is 24.2 Å². The number of hydrogen-bond acceptors (Lipinski definition) is 3. The van der Waals surface area contributed by atoms with Crippen LogP contribution in [-0.4, -0.2) is 31.4 Å². The van der Waals surface area contributed by atoms with Crippen molar-refractivity contribution in [1.29, 1.82) is 0 Å². The van der Waals surface area contributed by atoms with E-state index in [1.165, 1.54) is 19.3 Å². The molecule has 0 aliphatic carbocycles. The Morgan fingerprint density at radius 2 is 1.63 bits per heavy atom. The highest BCUT2D eigenvalue weighted by Crippen LogP contribution is 2.30. The van der Waals surface area contributed by atoms with Crippen LogP contribution in [0.2, 0.25) is 0 Å². The third-order valence-corrected chi connectivity index (χ3v) is 5.42. The van der Waals surface area contributed by atoms with Crippen LogP contribution in [0.1, 0.15) is 25.7 Å². The summed E-state index contributed by atoms with van der Waals surface area (Å²) in [4.78, 5) is 29.3. The summed E-state index contributed by atoms with van der Waals surface area (Å²) in [5.74, 6) is -0.399. The zero-order chi connectivity index (χ0) is 18.6. The number of anilines is 3. The molecule has 1 unspecified atom stereocenters. The highest BCUT2D eigenvalue weighted by Gasteiger charge is 2.35. The van der Waals surface area contributed by atoms with Crippen LogP contribution >= 0.6 is 0 Å². The number of para-hydroxylation sites is 3. The molecule has 0 aromatic heterocycles. The van der Waals surface area contributed by atoms with Crippen LogP contribution in [0.15, 0.2) is 54.6 Å². The number of hydrogen-bond donors (Lipinski definition) is 1. The second-order valence-corrected chi connectivity index (χ2v) is 7.30. The summed E-state index contributed by atoms with van der Waals surface area (Å²) >= 11 is 0. The van der Waals surface area contributed by atoms with Gasteiger partial charge in [-0.25, -0.2) is 0 Å². The first-order chi connectivity index (χ1) is 13.2. The molecule has 1 N–H and O–H groups in total. The number of rotatable bonds is 4. The molecule has 2 heterocycles. The average molecular weight is 363 g/mol. The lowest BCUT2D eigenvalue weighted by molar-refractivity contribution is -0.122. The van der Waals surface area contributed by atoms with Gasteiger partial charge in [0.15, 0.2) is 0 Å². The summed E-state index contributed by atoms with van der Waals surface area (Å²) in [5.41, 5.74) is 2.77. The molecular weight excluding hydrogens is 338 g/mol. The Hall–Kier alpha value is -2.82. The van der Waals surface area contributed by atoms with Crippen LogP contribution in [0.5, 0.6) is 0 Å². The van der Waals surface area contributed by atoms with Gasteiger partial charge in [-0.3, -0.25) is 9.59 Å². The molecule has 4 rings (SSSR count). The van der Waals surface area contributed by atoms with E-state index in [0.29, 0.717) is 6.54 Å². The van der Waals surface area contributed by atoms with E-state index in [1.54, 1.807) is 4.90 Å². The molecule has 2 aliphatic rings. The van der Waals surface area contributed by atoms with E-state index in [2.05, 4.69) is 16.3 Å². The smallest absolute Gasteiger partial charge is 0.229 e. The SMILES string of the molecule is O=C(Nc1ccccc1N1CCCCC1)C1CC(=O)N(c2ccccc2)C1. The minimum atomic E-state index is -0.327. The van der Waals surface area contributed by atoms with Gasteiger partial charge in [-0.2, -0.15) is 0 Å². The zero-order valence-corrected chi connectivity index (χ0v) is 15.4. The van der Waals surface area contributed by atoms with Crippen molar-refractivity contribution in [2.24, 2.45) is 5.92 Å².